The Kier molecular flexibility index (Phi) is 8.63. The van der Waals surface area contributed by atoms with Crippen LogP contribution in [0, 0.1) is 6.92 Å². The zero-order valence-electron chi connectivity index (χ0n) is 28.7. The number of rotatable bonds is 7. The Bertz CT molecular complexity index is 1740. The summed E-state index contributed by atoms with van der Waals surface area (Å²) in [7, 11) is 0. The van der Waals surface area contributed by atoms with E-state index in [1.165, 1.54) is 0 Å². The van der Waals surface area contributed by atoms with Crippen LogP contribution < -0.4 is 0 Å². The Morgan fingerprint density at radius 2 is 1.36 bits per heavy atom. The van der Waals surface area contributed by atoms with Gasteiger partial charge < -0.3 is 24.3 Å². The maximum atomic E-state index is 12.8. The highest BCUT2D eigenvalue weighted by atomic mass is 16.6. The summed E-state index contributed by atoms with van der Waals surface area (Å²) in [6.07, 6.45) is 9.17. The SMILES string of the molecule is C=C(OC(C)(C)C)N1CCC[C@H]1c1ncc(-c2ccc(-c3ccc(-c4cnc([C@@H]5CCCN5C(=O)OC(C)(C)C)[nH]4)cc3C)nc2)[nH]1. The van der Waals surface area contributed by atoms with Crippen LogP contribution in [0.15, 0.2) is 61.4 Å². The van der Waals surface area contributed by atoms with E-state index in [4.69, 9.17) is 19.4 Å². The number of hydrogen-bond donors (Lipinski definition) is 2. The summed E-state index contributed by atoms with van der Waals surface area (Å²) in [5, 5.41) is 0. The number of benzene rings is 1. The van der Waals surface area contributed by atoms with Gasteiger partial charge in [-0.2, -0.15) is 0 Å². The predicted molar refractivity (Wildman–Crippen MR) is 183 cm³/mol. The van der Waals surface area contributed by atoms with E-state index in [1.807, 2.05) is 60.1 Å². The van der Waals surface area contributed by atoms with E-state index >= 15 is 0 Å². The molecule has 2 fully saturated rings. The number of likely N-dealkylation sites (tertiary alicyclic amines) is 2. The number of ether oxygens (including phenoxy) is 2. The molecule has 0 unspecified atom stereocenters. The molecule has 0 saturated carbocycles. The Morgan fingerprint density at radius 3 is 1.94 bits per heavy atom. The number of aromatic amines is 2. The first-order valence-corrected chi connectivity index (χ1v) is 16.6. The van der Waals surface area contributed by atoms with E-state index in [0.717, 1.165) is 83.2 Å². The Hall–Kier alpha value is -4.60. The number of aryl methyl sites for hydroxylation is 1. The lowest BCUT2D eigenvalue weighted by atomic mass is 10.0. The van der Waals surface area contributed by atoms with Crippen LogP contribution in [-0.4, -0.2) is 65.1 Å². The maximum absolute atomic E-state index is 12.8. The van der Waals surface area contributed by atoms with Crippen molar-refractivity contribution >= 4 is 6.09 Å². The molecular formula is C37H47N7O3. The molecule has 1 amide bonds. The number of imidazole rings is 2. The molecule has 2 atom stereocenters. The van der Waals surface area contributed by atoms with Crippen LogP contribution in [0.2, 0.25) is 0 Å². The molecule has 6 rings (SSSR count). The number of amides is 1. The largest absolute Gasteiger partial charge is 0.474 e. The normalized spacial score (nSPS) is 18.5. The topological polar surface area (TPSA) is 112 Å². The van der Waals surface area contributed by atoms with Crippen LogP contribution in [-0.2, 0) is 9.47 Å². The van der Waals surface area contributed by atoms with Crippen molar-refractivity contribution in [2.75, 3.05) is 13.1 Å². The van der Waals surface area contributed by atoms with Crippen molar-refractivity contribution < 1.29 is 14.3 Å². The monoisotopic (exact) mass is 637 g/mol. The predicted octanol–water partition coefficient (Wildman–Crippen LogP) is 8.33. The van der Waals surface area contributed by atoms with Gasteiger partial charge in [0.25, 0.3) is 0 Å². The van der Waals surface area contributed by atoms with Crippen LogP contribution in [0.25, 0.3) is 33.8 Å². The molecular weight excluding hydrogens is 590 g/mol. The number of hydrogen-bond acceptors (Lipinski definition) is 7. The van der Waals surface area contributed by atoms with Crippen molar-refractivity contribution in [2.45, 2.75) is 97.4 Å². The number of aromatic nitrogens is 5. The average molecular weight is 638 g/mol. The van der Waals surface area contributed by atoms with Crippen molar-refractivity contribution in [2.24, 2.45) is 0 Å². The zero-order valence-corrected chi connectivity index (χ0v) is 28.7. The van der Waals surface area contributed by atoms with Crippen molar-refractivity contribution in [3.63, 3.8) is 0 Å². The molecule has 10 nitrogen and oxygen atoms in total. The molecule has 1 aromatic carbocycles. The van der Waals surface area contributed by atoms with E-state index in [1.54, 1.807) is 4.90 Å². The Balaban J connectivity index is 1.14. The number of nitrogens with one attached hydrogen (secondary N) is 2. The van der Waals surface area contributed by atoms with Crippen LogP contribution in [0.5, 0.6) is 0 Å². The third kappa shape index (κ3) is 7.21. The fourth-order valence-electron chi connectivity index (χ4n) is 6.49. The molecule has 0 spiro atoms. The number of pyridine rings is 1. The summed E-state index contributed by atoms with van der Waals surface area (Å²) in [6.45, 7) is 19.6. The summed E-state index contributed by atoms with van der Waals surface area (Å²) in [5.74, 6) is 2.39. The highest BCUT2D eigenvalue weighted by molar-refractivity contribution is 5.72. The van der Waals surface area contributed by atoms with Crippen molar-refractivity contribution in [1.29, 1.82) is 0 Å². The minimum Gasteiger partial charge on any atom is -0.474 e. The van der Waals surface area contributed by atoms with Crippen LogP contribution in [0.1, 0.15) is 96.5 Å². The van der Waals surface area contributed by atoms with Crippen LogP contribution in [0.3, 0.4) is 0 Å². The molecule has 0 radical (unpaired) electrons. The summed E-state index contributed by atoms with van der Waals surface area (Å²) >= 11 is 0. The first kappa shape index (κ1) is 32.3. The van der Waals surface area contributed by atoms with Gasteiger partial charge in [0.15, 0.2) is 5.88 Å². The molecule has 0 bridgehead atoms. The lowest BCUT2D eigenvalue weighted by Gasteiger charge is -2.32. The molecule has 2 saturated heterocycles. The molecule has 0 aliphatic carbocycles. The van der Waals surface area contributed by atoms with Gasteiger partial charge in [0.2, 0.25) is 0 Å². The van der Waals surface area contributed by atoms with E-state index < -0.39 is 5.60 Å². The Morgan fingerprint density at radius 1 is 0.787 bits per heavy atom. The highest BCUT2D eigenvalue weighted by Gasteiger charge is 2.35. The molecule has 4 aromatic rings. The van der Waals surface area contributed by atoms with Gasteiger partial charge in [-0.05, 0) is 110 Å². The van der Waals surface area contributed by atoms with Crippen molar-refractivity contribution in [3.8, 4) is 33.8 Å². The van der Waals surface area contributed by atoms with E-state index in [9.17, 15) is 4.79 Å². The molecule has 10 heteroatoms. The molecule has 2 N–H and O–H groups in total. The number of nitrogens with zero attached hydrogens (tertiary/aromatic N) is 5. The third-order valence-electron chi connectivity index (χ3n) is 8.59. The summed E-state index contributed by atoms with van der Waals surface area (Å²) < 4.78 is 11.7. The van der Waals surface area contributed by atoms with E-state index in [2.05, 4.69) is 63.7 Å². The minimum atomic E-state index is -0.536. The lowest BCUT2D eigenvalue weighted by Crippen LogP contribution is -2.36. The molecule has 5 heterocycles. The summed E-state index contributed by atoms with van der Waals surface area (Å²) in [6, 6.07) is 10.5. The van der Waals surface area contributed by atoms with Gasteiger partial charge in [-0.15, -0.1) is 0 Å². The zero-order chi connectivity index (χ0) is 33.5. The number of H-pyrrole nitrogens is 2. The number of carbonyl (C=O) groups is 1. The third-order valence-corrected chi connectivity index (χ3v) is 8.59. The second-order valence-electron chi connectivity index (χ2n) is 14.6. The first-order chi connectivity index (χ1) is 22.3. The van der Waals surface area contributed by atoms with Gasteiger partial charge in [0.05, 0.1) is 41.6 Å². The van der Waals surface area contributed by atoms with Crippen LogP contribution in [0.4, 0.5) is 4.79 Å². The van der Waals surface area contributed by atoms with E-state index in [0.29, 0.717) is 12.4 Å². The van der Waals surface area contributed by atoms with Gasteiger partial charge in [-0.3, -0.25) is 9.88 Å². The molecule has 3 aromatic heterocycles. The van der Waals surface area contributed by atoms with Gasteiger partial charge in [-0.25, -0.2) is 14.8 Å². The quantitative estimate of drug-likeness (QED) is 0.196. The highest BCUT2D eigenvalue weighted by Crippen LogP contribution is 2.36. The fraction of sp³-hybridized carbons (Fsp3) is 0.459. The summed E-state index contributed by atoms with van der Waals surface area (Å²) in [5.41, 5.74) is 6.11. The van der Waals surface area contributed by atoms with E-state index in [-0.39, 0.29) is 23.8 Å². The van der Waals surface area contributed by atoms with Crippen LogP contribution >= 0.6 is 0 Å². The van der Waals surface area contributed by atoms with Crippen molar-refractivity contribution in [3.05, 3.63) is 78.6 Å². The molecule has 248 valence electrons. The fourth-order valence-corrected chi connectivity index (χ4v) is 6.49. The second kappa shape index (κ2) is 12.5. The molecule has 2 aliphatic heterocycles. The number of carbonyl (C=O) groups excluding carboxylic acids is 1. The first-order valence-electron chi connectivity index (χ1n) is 16.6. The van der Waals surface area contributed by atoms with Gasteiger partial charge in [0, 0.05) is 30.4 Å². The van der Waals surface area contributed by atoms with Crippen molar-refractivity contribution in [1.82, 2.24) is 34.7 Å². The minimum absolute atomic E-state index is 0.111. The van der Waals surface area contributed by atoms with Gasteiger partial charge in [0.1, 0.15) is 22.9 Å². The van der Waals surface area contributed by atoms with Gasteiger partial charge >= 0.3 is 6.09 Å². The maximum Gasteiger partial charge on any atom is 0.410 e. The lowest BCUT2D eigenvalue weighted by molar-refractivity contribution is -0.00143. The second-order valence-corrected chi connectivity index (χ2v) is 14.6. The smallest absolute Gasteiger partial charge is 0.410 e. The average Bonchev–Trinajstić information content (AvgIpc) is 3.81. The molecule has 2 aliphatic rings. The molecule has 47 heavy (non-hydrogen) atoms. The Labute approximate surface area is 277 Å². The standard InChI is InChI=1S/C37H47N7O3/c1-23-19-25(29-21-39-34(41-29)32-12-10-18-44(32)35(45)47-37(6,7)8)13-15-27(23)28-16-14-26(20-38-28)30-22-40-33(42-30)31-11-9-17-43(31)24(2)46-36(3,4)5/h13-16,19-22,31-32H,2,9-12,17-18H2,1,3-8H3,(H,39,41)(H,40,42)/t31-,32-/m0/s1. The summed E-state index contributed by atoms with van der Waals surface area (Å²) in [4.78, 5) is 38.0. The van der Waals surface area contributed by atoms with Gasteiger partial charge in [-0.1, -0.05) is 12.1 Å².